The molecule has 1 fully saturated rings. The number of carbonyl (C=O) groups excluding carboxylic acids is 2. The van der Waals surface area contributed by atoms with Crippen LogP contribution in [0.3, 0.4) is 0 Å². The first-order valence-electron chi connectivity index (χ1n) is 5.02. The summed E-state index contributed by atoms with van der Waals surface area (Å²) in [5.74, 6) is -0.471. The van der Waals surface area contributed by atoms with E-state index in [1.54, 1.807) is 6.92 Å². The number of hydrogen-bond donors (Lipinski definition) is 1. The molecular formula is C10H13NO5. The maximum absolute atomic E-state index is 11.6. The predicted molar refractivity (Wildman–Crippen MR) is 51.9 cm³/mol. The van der Waals surface area contributed by atoms with Crippen molar-refractivity contribution in [1.29, 1.82) is 0 Å². The zero-order chi connectivity index (χ0) is 11.7. The maximum atomic E-state index is 11.6. The number of nitrogens with zero attached hydrogens (tertiary/aromatic N) is 1. The van der Waals surface area contributed by atoms with E-state index in [4.69, 9.17) is 14.6 Å². The van der Waals surface area contributed by atoms with Crippen molar-refractivity contribution >= 4 is 11.7 Å². The molecule has 2 heterocycles. The third kappa shape index (κ3) is 1.99. The minimum Gasteiger partial charge on any atom is -0.391 e. The monoisotopic (exact) mass is 227 g/mol. The Hall–Kier alpha value is -1.24. The summed E-state index contributed by atoms with van der Waals surface area (Å²) in [5.41, 5.74) is 0.524. The van der Waals surface area contributed by atoms with Gasteiger partial charge in [-0.3, -0.25) is 14.5 Å². The van der Waals surface area contributed by atoms with E-state index in [-0.39, 0.29) is 31.3 Å². The summed E-state index contributed by atoms with van der Waals surface area (Å²) < 4.78 is 10.4. The number of ketones is 1. The number of hydrogen-bond acceptors (Lipinski definition) is 5. The van der Waals surface area contributed by atoms with E-state index in [1.165, 1.54) is 11.1 Å². The molecule has 6 nitrogen and oxygen atoms in total. The zero-order valence-electron chi connectivity index (χ0n) is 8.88. The van der Waals surface area contributed by atoms with E-state index in [0.29, 0.717) is 5.57 Å². The van der Waals surface area contributed by atoms with Crippen LogP contribution in [0.1, 0.15) is 13.3 Å². The van der Waals surface area contributed by atoms with Gasteiger partial charge in [-0.2, -0.15) is 0 Å². The summed E-state index contributed by atoms with van der Waals surface area (Å²) in [6.45, 7) is 1.61. The van der Waals surface area contributed by atoms with Gasteiger partial charge < -0.3 is 14.6 Å². The molecule has 1 N–H and O–H groups in total. The van der Waals surface area contributed by atoms with Gasteiger partial charge in [-0.25, -0.2) is 0 Å². The molecule has 0 saturated carbocycles. The molecule has 6 heteroatoms. The van der Waals surface area contributed by atoms with Crippen LogP contribution in [-0.2, 0) is 19.1 Å². The van der Waals surface area contributed by atoms with Crippen LogP contribution in [0.4, 0.5) is 0 Å². The third-order valence-electron chi connectivity index (χ3n) is 2.57. The minimum atomic E-state index is -0.691. The molecule has 88 valence electrons. The molecule has 2 rings (SSSR count). The van der Waals surface area contributed by atoms with Gasteiger partial charge in [0.25, 0.3) is 0 Å². The second-order valence-corrected chi connectivity index (χ2v) is 3.75. The van der Waals surface area contributed by atoms with Crippen molar-refractivity contribution < 1.29 is 24.2 Å². The van der Waals surface area contributed by atoms with Crippen LogP contribution < -0.4 is 0 Å². The summed E-state index contributed by atoms with van der Waals surface area (Å²) in [4.78, 5) is 24.2. The summed E-state index contributed by atoms with van der Waals surface area (Å²) in [7, 11) is 0. The number of carbonyl (C=O) groups is 2. The Morgan fingerprint density at radius 3 is 2.94 bits per heavy atom. The van der Waals surface area contributed by atoms with Crippen molar-refractivity contribution in [3.05, 3.63) is 11.8 Å². The summed E-state index contributed by atoms with van der Waals surface area (Å²) >= 11 is 0. The first-order chi connectivity index (χ1) is 7.61. The van der Waals surface area contributed by atoms with Crippen LogP contribution in [0.25, 0.3) is 0 Å². The Morgan fingerprint density at radius 2 is 2.31 bits per heavy atom. The van der Waals surface area contributed by atoms with Crippen LogP contribution in [0, 0.1) is 0 Å². The molecule has 0 aromatic rings. The number of aliphatic hydroxyl groups is 1. The summed E-state index contributed by atoms with van der Waals surface area (Å²) in [6.07, 6.45) is 0.102. The summed E-state index contributed by atoms with van der Waals surface area (Å²) in [6, 6.07) is 0. The number of Topliss-reactive ketones (excluding diaryl/α,β-unsaturated/α-hetero) is 1. The normalized spacial score (nSPS) is 30.9. The van der Waals surface area contributed by atoms with Crippen molar-refractivity contribution in [1.82, 2.24) is 4.90 Å². The molecule has 0 radical (unpaired) electrons. The molecule has 0 aliphatic carbocycles. The van der Waals surface area contributed by atoms with Gasteiger partial charge in [0.05, 0.1) is 19.6 Å². The highest BCUT2D eigenvalue weighted by atomic mass is 16.7. The Balaban J connectivity index is 2.10. The lowest BCUT2D eigenvalue weighted by molar-refractivity contribution is -0.146. The Bertz CT molecular complexity index is 351. The smallest absolute Gasteiger partial charge is 0.236 e. The van der Waals surface area contributed by atoms with Gasteiger partial charge in [-0.05, 0) is 6.92 Å². The number of aliphatic hydroxyl groups excluding tert-OH is 1. The SMILES string of the molecule is CC1=CN([C@@H]2CO[C@H](CO)O2)C(=O)CC1=O. The molecule has 2 aliphatic rings. The van der Waals surface area contributed by atoms with Gasteiger partial charge in [0, 0.05) is 11.8 Å². The van der Waals surface area contributed by atoms with Crippen LogP contribution in [0.15, 0.2) is 11.8 Å². The predicted octanol–water partition coefficient (Wildman–Crippen LogP) is -0.617. The molecule has 0 bridgehead atoms. The van der Waals surface area contributed by atoms with Crippen molar-refractivity contribution in [3.63, 3.8) is 0 Å². The second kappa shape index (κ2) is 4.32. The van der Waals surface area contributed by atoms with E-state index < -0.39 is 12.5 Å². The Labute approximate surface area is 92.4 Å². The van der Waals surface area contributed by atoms with Gasteiger partial charge in [0.2, 0.25) is 5.91 Å². The highest BCUT2D eigenvalue weighted by Crippen LogP contribution is 2.21. The molecular weight excluding hydrogens is 214 g/mol. The van der Waals surface area contributed by atoms with E-state index in [0.717, 1.165) is 0 Å². The zero-order valence-corrected chi connectivity index (χ0v) is 8.88. The fourth-order valence-electron chi connectivity index (χ4n) is 1.65. The second-order valence-electron chi connectivity index (χ2n) is 3.75. The molecule has 2 atom stereocenters. The fraction of sp³-hybridized carbons (Fsp3) is 0.600. The van der Waals surface area contributed by atoms with E-state index in [9.17, 15) is 9.59 Å². The highest BCUT2D eigenvalue weighted by Gasteiger charge is 2.35. The lowest BCUT2D eigenvalue weighted by Crippen LogP contribution is -2.42. The molecule has 2 aliphatic heterocycles. The molecule has 16 heavy (non-hydrogen) atoms. The highest BCUT2D eigenvalue weighted by molar-refractivity contribution is 6.09. The number of ether oxygens (including phenoxy) is 2. The molecule has 0 unspecified atom stereocenters. The average molecular weight is 227 g/mol. The lowest BCUT2D eigenvalue weighted by Gasteiger charge is -2.27. The van der Waals surface area contributed by atoms with E-state index >= 15 is 0 Å². The van der Waals surface area contributed by atoms with Crippen LogP contribution in [0.2, 0.25) is 0 Å². The first-order valence-corrected chi connectivity index (χ1v) is 5.02. The maximum Gasteiger partial charge on any atom is 0.236 e. The Kier molecular flexibility index (Phi) is 3.04. The van der Waals surface area contributed by atoms with E-state index in [1.807, 2.05) is 0 Å². The minimum absolute atomic E-state index is 0.133. The molecule has 0 spiro atoms. The topological polar surface area (TPSA) is 76.1 Å². The average Bonchev–Trinajstić information content (AvgIpc) is 2.71. The number of amides is 1. The van der Waals surface area contributed by atoms with Gasteiger partial charge in [-0.1, -0.05) is 0 Å². The van der Waals surface area contributed by atoms with Gasteiger partial charge >= 0.3 is 0 Å². The van der Waals surface area contributed by atoms with Gasteiger partial charge in [-0.15, -0.1) is 0 Å². The Morgan fingerprint density at radius 1 is 1.56 bits per heavy atom. The van der Waals surface area contributed by atoms with E-state index in [2.05, 4.69) is 0 Å². The largest absolute Gasteiger partial charge is 0.391 e. The molecule has 1 saturated heterocycles. The van der Waals surface area contributed by atoms with Crippen molar-refractivity contribution in [3.8, 4) is 0 Å². The van der Waals surface area contributed by atoms with Crippen LogP contribution in [0.5, 0.6) is 0 Å². The molecule has 0 aromatic heterocycles. The third-order valence-corrected chi connectivity index (χ3v) is 2.57. The first kappa shape index (κ1) is 11.3. The summed E-state index contributed by atoms with van der Waals surface area (Å²) in [5, 5.41) is 8.82. The van der Waals surface area contributed by atoms with Crippen molar-refractivity contribution in [2.24, 2.45) is 0 Å². The van der Waals surface area contributed by atoms with Gasteiger partial charge in [0.15, 0.2) is 18.3 Å². The number of allylic oxidation sites excluding steroid dienone is 1. The molecule has 0 aromatic carbocycles. The van der Waals surface area contributed by atoms with Crippen LogP contribution in [-0.4, -0.2) is 47.4 Å². The lowest BCUT2D eigenvalue weighted by atomic mass is 10.1. The quantitative estimate of drug-likeness (QED) is 0.636. The van der Waals surface area contributed by atoms with Crippen LogP contribution >= 0.6 is 0 Å². The number of rotatable bonds is 2. The van der Waals surface area contributed by atoms with Crippen molar-refractivity contribution in [2.45, 2.75) is 25.9 Å². The fourth-order valence-corrected chi connectivity index (χ4v) is 1.65. The molecule has 1 amide bonds. The van der Waals surface area contributed by atoms with Crippen molar-refractivity contribution in [2.75, 3.05) is 13.2 Å². The standard InChI is InChI=1S/C10H13NO5/c1-6-3-11(8(14)2-7(6)13)9-5-15-10(4-12)16-9/h3,9-10,12H,2,4-5H2,1H3/t9-,10-/m0/s1. The van der Waals surface area contributed by atoms with Gasteiger partial charge in [0.1, 0.15) is 0 Å².